The van der Waals surface area contributed by atoms with Gasteiger partial charge in [0.2, 0.25) is 0 Å². The summed E-state index contributed by atoms with van der Waals surface area (Å²) in [7, 11) is 0. The lowest BCUT2D eigenvalue weighted by atomic mass is 10.2. The molecule has 4 rings (SSSR count). The minimum atomic E-state index is -0.723. The third kappa shape index (κ3) is 2.10. The van der Waals surface area contributed by atoms with Crippen molar-refractivity contribution in [1.82, 2.24) is 0 Å². The Balaban J connectivity index is 1.85. The minimum absolute atomic E-state index is 0.0155. The maximum absolute atomic E-state index is 11.2. The molecule has 1 saturated carbocycles. The van der Waals surface area contributed by atoms with Gasteiger partial charge in [0, 0.05) is 20.9 Å². The zero-order chi connectivity index (χ0) is 14.6. The van der Waals surface area contributed by atoms with E-state index >= 15 is 0 Å². The highest BCUT2D eigenvalue weighted by Crippen LogP contribution is 2.54. The van der Waals surface area contributed by atoms with Crippen molar-refractivity contribution in [3.05, 3.63) is 47.5 Å². The SMILES string of the molecule is O=C(O)[C@@H]1C[C@H]1N1c2ccccc2Sc2ccc(Cl)cc21. The van der Waals surface area contributed by atoms with Crippen LogP contribution in [0.15, 0.2) is 52.3 Å². The van der Waals surface area contributed by atoms with Crippen LogP contribution in [-0.2, 0) is 4.79 Å². The van der Waals surface area contributed by atoms with Crippen molar-refractivity contribution in [3.63, 3.8) is 0 Å². The molecule has 0 saturated heterocycles. The molecule has 1 aliphatic carbocycles. The number of hydrogen-bond acceptors (Lipinski definition) is 3. The molecule has 1 aliphatic heterocycles. The number of carboxylic acid groups (broad SMARTS) is 1. The molecule has 106 valence electrons. The first kappa shape index (κ1) is 13.0. The molecule has 1 N–H and O–H groups in total. The van der Waals surface area contributed by atoms with Gasteiger partial charge in [-0.15, -0.1) is 0 Å². The monoisotopic (exact) mass is 317 g/mol. The molecule has 0 amide bonds. The third-order valence-corrected chi connectivity index (χ3v) is 5.30. The summed E-state index contributed by atoms with van der Waals surface area (Å²) in [6, 6.07) is 13.9. The Bertz CT molecular complexity index is 749. The molecule has 21 heavy (non-hydrogen) atoms. The molecule has 2 aromatic carbocycles. The van der Waals surface area contributed by atoms with Crippen LogP contribution in [0.25, 0.3) is 0 Å². The Morgan fingerprint density at radius 1 is 1.19 bits per heavy atom. The van der Waals surface area contributed by atoms with Gasteiger partial charge in [-0.05, 0) is 36.8 Å². The van der Waals surface area contributed by atoms with Gasteiger partial charge in [0.1, 0.15) is 0 Å². The molecule has 0 radical (unpaired) electrons. The number of para-hydroxylation sites is 1. The Morgan fingerprint density at radius 2 is 1.95 bits per heavy atom. The molecule has 0 aromatic heterocycles. The number of fused-ring (bicyclic) bond motifs is 2. The van der Waals surface area contributed by atoms with Crippen molar-refractivity contribution < 1.29 is 9.90 Å². The van der Waals surface area contributed by atoms with Crippen molar-refractivity contribution in [1.29, 1.82) is 0 Å². The van der Waals surface area contributed by atoms with E-state index in [4.69, 9.17) is 11.6 Å². The fourth-order valence-electron chi connectivity index (χ4n) is 2.85. The van der Waals surface area contributed by atoms with E-state index in [2.05, 4.69) is 11.0 Å². The van der Waals surface area contributed by atoms with Crippen LogP contribution in [0.2, 0.25) is 5.02 Å². The number of anilines is 2. The van der Waals surface area contributed by atoms with E-state index < -0.39 is 5.97 Å². The number of hydrogen-bond donors (Lipinski definition) is 1. The second kappa shape index (κ2) is 4.68. The van der Waals surface area contributed by atoms with E-state index in [9.17, 15) is 9.90 Å². The van der Waals surface area contributed by atoms with Crippen LogP contribution < -0.4 is 4.90 Å². The first-order valence-electron chi connectivity index (χ1n) is 6.73. The van der Waals surface area contributed by atoms with Gasteiger partial charge >= 0.3 is 5.97 Å². The van der Waals surface area contributed by atoms with Gasteiger partial charge < -0.3 is 10.0 Å². The molecule has 0 spiro atoms. The van der Waals surface area contributed by atoms with Crippen LogP contribution in [0.3, 0.4) is 0 Å². The second-order valence-electron chi connectivity index (χ2n) is 5.30. The Labute approximate surface area is 131 Å². The van der Waals surface area contributed by atoms with Crippen LogP contribution in [0.4, 0.5) is 11.4 Å². The van der Waals surface area contributed by atoms with Crippen LogP contribution in [-0.4, -0.2) is 17.1 Å². The topological polar surface area (TPSA) is 40.5 Å². The normalized spacial score (nSPS) is 22.4. The first-order valence-corrected chi connectivity index (χ1v) is 7.93. The summed E-state index contributed by atoms with van der Waals surface area (Å²) in [5.74, 6) is -1.02. The number of halogens is 1. The summed E-state index contributed by atoms with van der Waals surface area (Å²) in [5.41, 5.74) is 2.09. The van der Waals surface area contributed by atoms with Gasteiger partial charge in [-0.2, -0.15) is 0 Å². The second-order valence-corrected chi connectivity index (χ2v) is 6.82. The minimum Gasteiger partial charge on any atom is -0.481 e. The summed E-state index contributed by atoms with van der Waals surface area (Å²) >= 11 is 7.84. The summed E-state index contributed by atoms with van der Waals surface area (Å²) in [6.07, 6.45) is 0.681. The summed E-state index contributed by atoms with van der Waals surface area (Å²) in [6.45, 7) is 0. The van der Waals surface area contributed by atoms with Gasteiger partial charge in [-0.3, -0.25) is 4.79 Å². The number of carboxylic acids is 1. The predicted molar refractivity (Wildman–Crippen MR) is 83.7 cm³/mol. The number of benzene rings is 2. The fourth-order valence-corrected chi connectivity index (χ4v) is 4.06. The molecule has 1 heterocycles. The average Bonchev–Trinajstić information content (AvgIpc) is 3.25. The van der Waals surface area contributed by atoms with Gasteiger partial charge in [-0.25, -0.2) is 0 Å². The Kier molecular flexibility index (Phi) is 2.91. The van der Waals surface area contributed by atoms with Crippen LogP contribution in [0.5, 0.6) is 0 Å². The van der Waals surface area contributed by atoms with E-state index in [1.54, 1.807) is 11.8 Å². The largest absolute Gasteiger partial charge is 0.481 e. The van der Waals surface area contributed by atoms with E-state index in [0.29, 0.717) is 11.4 Å². The molecule has 1 fully saturated rings. The Morgan fingerprint density at radius 3 is 2.71 bits per heavy atom. The van der Waals surface area contributed by atoms with Crippen molar-refractivity contribution in [2.75, 3.05) is 4.90 Å². The number of carbonyl (C=O) groups is 1. The number of rotatable bonds is 2. The molecule has 2 aliphatic rings. The average molecular weight is 318 g/mol. The molecule has 5 heteroatoms. The van der Waals surface area contributed by atoms with E-state index in [1.165, 1.54) is 0 Å². The third-order valence-electron chi connectivity index (χ3n) is 3.93. The van der Waals surface area contributed by atoms with Gasteiger partial charge in [0.05, 0.1) is 17.3 Å². The lowest BCUT2D eigenvalue weighted by molar-refractivity contribution is -0.138. The van der Waals surface area contributed by atoms with Crippen LogP contribution in [0.1, 0.15) is 6.42 Å². The zero-order valence-corrected chi connectivity index (χ0v) is 12.6. The molecule has 0 bridgehead atoms. The zero-order valence-electron chi connectivity index (χ0n) is 11.0. The van der Waals surface area contributed by atoms with Crippen molar-refractivity contribution in [2.24, 2.45) is 5.92 Å². The molecule has 2 aromatic rings. The molecule has 2 atom stereocenters. The summed E-state index contributed by atoms with van der Waals surface area (Å²) < 4.78 is 0. The highest BCUT2D eigenvalue weighted by molar-refractivity contribution is 7.99. The molecular formula is C16H12ClNO2S. The fraction of sp³-hybridized carbons (Fsp3) is 0.188. The number of nitrogens with zero attached hydrogens (tertiary/aromatic N) is 1. The van der Waals surface area contributed by atoms with Crippen LogP contribution >= 0.6 is 23.4 Å². The smallest absolute Gasteiger partial charge is 0.308 e. The van der Waals surface area contributed by atoms with E-state index in [0.717, 1.165) is 21.2 Å². The van der Waals surface area contributed by atoms with Crippen molar-refractivity contribution >= 4 is 40.7 Å². The highest BCUT2D eigenvalue weighted by atomic mass is 35.5. The quantitative estimate of drug-likeness (QED) is 0.890. The maximum Gasteiger partial charge on any atom is 0.308 e. The summed E-state index contributed by atoms with van der Waals surface area (Å²) in [5, 5.41) is 9.92. The molecule has 3 nitrogen and oxygen atoms in total. The summed E-state index contributed by atoms with van der Waals surface area (Å²) in [4.78, 5) is 15.7. The highest BCUT2D eigenvalue weighted by Gasteiger charge is 2.49. The number of aliphatic carboxylic acids is 1. The van der Waals surface area contributed by atoms with Crippen LogP contribution in [0, 0.1) is 5.92 Å². The van der Waals surface area contributed by atoms with Gasteiger partial charge in [-0.1, -0.05) is 35.5 Å². The maximum atomic E-state index is 11.2. The van der Waals surface area contributed by atoms with E-state index in [1.807, 2.05) is 36.4 Å². The lowest BCUT2D eigenvalue weighted by Crippen LogP contribution is -2.26. The Hall–Kier alpha value is -1.65. The van der Waals surface area contributed by atoms with Gasteiger partial charge in [0.15, 0.2) is 0 Å². The van der Waals surface area contributed by atoms with E-state index in [-0.39, 0.29) is 12.0 Å². The molecule has 0 unspecified atom stereocenters. The lowest BCUT2D eigenvalue weighted by Gasteiger charge is -2.33. The van der Waals surface area contributed by atoms with Crippen molar-refractivity contribution in [3.8, 4) is 0 Å². The standard InChI is InChI=1S/C16H12ClNO2S/c17-9-5-6-15-13(7-9)18(12-8-10(12)16(19)20)11-3-1-2-4-14(11)21-15/h1-7,10,12H,8H2,(H,19,20)/t10-,12-/m1/s1. The predicted octanol–water partition coefficient (Wildman–Crippen LogP) is 4.42. The molecular weight excluding hydrogens is 306 g/mol. The van der Waals surface area contributed by atoms with Crippen molar-refractivity contribution in [2.45, 2.75) is 22.3 Å². The van der Waals surface area contributed by atoms with Gasteiger partial charge in [0.25, 0.3) is 0 Å². The first-order chi connectivity index (χ1) is 10.1.